The Bertz CT molecular complexity index is 584. The van der Waals surface area contributed by atoms with Crippen molar-refractivity contribution >= 4 is 5.69 Å². The van der Waals surface area contributed by atoms with Crippen LogP contribution in [-0.4, -0.2) is 13.7 Å². The first kappa shape index (κ1) is 15.2. The van der Waals surface area contributed by atoms with Gasteiger partial charge in [-0.2, -0.15) is 0 Å². The van der Waals surface area contributed by atoms with E-state index < -0.39 is 0 Å². The van der Waals surface area contributed by atoms with Gasteiger partial charge in [0.15, 0.2) is 11.6 Å². The largest absolute Gasteiger partial charge is 0.494 e. The van der Waals surface area contributed by atoms with Gasteiger partial charge in [-0.05, 0) is 55.8 Å². The molecule has 1 N–H and O–H groups in total. The third-order valence-electron chi connectivity index (χ3n) is 3.22. The maximum absolute atomic E-state index is 13.4. The standard InChI is InChI=1S/C17H20FNO2/c1-4-21-15-8-6-14(7-9-15)19-12(2)13-5-10-16(18)17(11-13)20-3/h5-12,19H,4H2,1-3H3. The lowest BCUT2D eigenvalue weighted by Gasteiger charge is -2.17. The van der Waals surface area contributed by atoms with Gasteiger partial charge in [0.2, 0.25) is 0 Å². The van der Waals surface area contributed by atoms with Gasteiger partial charge in [0, 0.05) is 11.7 Å². The van der Waals surface area contributed by atoms with E-state index in [4.69, 9.17) is 9.47 Å². The van der Waals surface area contributed by atoms with Crippen LogP contribution in [0.5, 0.6) is 11.5 Å². The number of anilines is 1. The number of hydrogen-bond donors (Lipinski definition) is 1. The number of benzene rings is 2. The van der Waals surface area contributed by atoms with Crippen molar-refractivity contribution in [1.82, 2.24) is 0 Å². The average molecular weight is 289 g/mol. The van der Waals surface area contributed by atoms with E-state index >= 15 is 0 Å². The van der Waals surface area contributed by atoms with Crippen LogP contribution in [-0.2, 0) is 0 Å². The Hall–Kier alpha value is -2.23. The first-order valence-electron chi connectivity index (χ1n) is 6.97. The van der Waals surface area contributed by atoms with E-state index in [-0.39, 0.29) is 17.6 Å². The molecule has 0 aliphatic rings. The molecule has 0 aliphatic heterocycles. The smallest absolute Gasteiger partial charge is 0.165 e. The van der Waals surface area contributed by atoms with E-state index in [1.807, 2.05) is 38.1 Å². The van der Waals surface area contributed by atoms with Crippen molar-refractivity contribution in [2.24, 2.45) is 0 Å². The van der Waals surface area contributed by atoms with Gasteiger partial charge >= 0.3 is 0 Å². The van der Waals surface area contributed by atoms with Crippen molar-refractivity contribution in [3.63, 3.8) is 0 Å². The zero-order valence-electron chi connectivity index (χ0n) is 12.5. The highest BCUT2D eigenvalue weighted by atomic mass is 19.1. The Morgan fingerprint density at radius 3 is 2.48 bits per heavy atom. The van der Waals surface area contributed by atoms with Gasteiger partial charge in [-0.25, -0.2) is 4.39 Å². The lowest BCUT2D eigenvalue weighted by atomic mass is 10.1. The van der Waals surface area contributed by atoms with E-state index in [9.17, 15) is 4.39 Å². The van der Waals surface area contributed by atoms with Crippen molar-refractivity contribution in [1.29, 1.82) is 0 Å². The highest BCUT2D eigenvalue weighted by molar-refractivity contribution is 5.48. The first-order valence-corrected chi connectivity index (χ1v) is 6.97. The van der Waals surface area contributed by atoms with Gasteiger partial charge < -0.3 is 14.8 Å². The van der Waals surface area contributed by atoms with E-state index in [1.54, 1.807) is 12.1 Å². The second-order valence-electron chi connectivity index (χ2n) is 4.72. The molecule has 2 aromatic rings. The second-order valence-corrected chi connectivity index (χ2v) is 4.72. The van der Waals surface area contributed by atoms with Crippen LogP contribution < -0.4 is 14.8 Å². The summed E-state index contributed by atoms with van der Waals surface area (Å²) in [5.74, 6) is 0.751. The summed E-state index contributed by atoms with van der Waals surface area (Å²) in [6.07, 6.45) is 0. The summed E-state index contributed by atoms with van der Waals surface area (Å²) in [6.45, 7) is 4.62. The molecule has 0 saturated heterocycles. The van der Waals surface area contributed by atoms with Crippen LogP contribution in [0.15, 0.2) is 42.5 Å². The Balaban J connectivity index is 2.08. The number of halogens is 1. The highest BCUT2D eigenvalue weighted by Gasteiger charge is 2.09. The Labute approximate surface area is 124 Å². The van der Waals surface area contributed by atoms with Crippen molar-refractivity contribution in [3.8, 4) is 11.5 Å². The van der Waals surface area contributed by atoms with Gasteiger partial charge in [0.1, 0.15) is 5.75 Å². The molecular weight excluding hydrogens is 269 g/mol. The van der Waals surface area contributed by atoms with Crippen molar-refractivity contribution in [2.45, 2.75) is 19.9 Å². The number of ether oxygens (including phenoxy) is 2. The Morgan fingerprint density at radius 2 is 1.86 bits per heavy atom. The molecule has 2 rings (SSSR count). The Morgan fingerprint density at radius 1 is 1.14 bits per heavy atom. The number of rotatable bonds is 6. The molecule has 0 heterocycles. The van der Waals surface area contributed by atoms with Gasteiger partial charge in [-0.3, -0.25) is 0 Å². The molecule has 0 radical (unpaired) electrons. The fourth-order valence-electron chi connectivity index (χ4n) is 2.09. The molecule has 0 saturated carbocycles. The second kappa shape index (κ2) is 6.97. The van der Waals surface area contributed by atoms with Crippen LogP contribution in [0, 0.1) is 5.82 Å². The molecule has 0 aromatic heterocycles. The zero-order valence-corrected chi connectivity index (χ0v) is 12.5. The van der Waals surface area contributed by atoms with E-state index in [2.05, 4.69) is 5.32 Å². The molecule has 1 atom stereocenters. The van der Waals surface area contributed by atoms with Crippen molar-refractivity contribution in [3.05, 3.63) is 53.8 Å². The first-order chi connectivity index (χ1) is 10.1. The summed E-state index contributed by atoms with van der Waals surface area (Å²) < 4.78 is 23.8. The summed E-state index contributed by atoms with van der Waals surface area (Å²) in [4.78, 5) is 0. The van der Waals surface area contributed by atoms with Gasteiger partial charge in [-0.15, -0.1) is 0 Å². The summed E-state index contributed by atoms with van der Waals surface area (Å²) in [6, 6.07) is 12.7. The van der Waals surface area contributed by atoms with Gasteiger partial charge in [-0.1, -0.05) is 6.07 Å². The molecule has 4 heteroatoms. The van der Waals surface area contributed by atoms with Crippen LogP contribution in [0.1, 0.15) is 25.5 Å². The highest BCUT2D eigenvalue weighted by Crippen LogP contribution is 2.25. The number of methoxy groups -OCH3 is 1. The summed E-state index contributed by atoms with van der Waals surface area (Å²) in [5, 5.41) is 3.36. The minimum atomic E-state index is -0.352. The lowest BCUT2D eigenvalue weighted by molar-refractivity contribution is 0.340. The predicted molar refractivity (Wildman–Crippen MR) is 82.6 cm³/mol. The quantitative estimate of drug-likeness (QED) is 0.854. The summed E-state index contributed by atoms with van der Waals surface area (Å²) in [7, 11) is 1.47. The van der Waals surface area contributed by atoms with Gasteiger partial charge in [0.25, 0.3) is 0 Å². The van der Waals surface area contributed by atoms with Crippen LogP contribution in [0.3, 0.4) is 0 Å². The molecule has 2 aromatic carbocycles. The fourth-order valence-corrected chi connectivity index (χ4v) is 2.09. The molecule has 0 amide bonds. The van der Waals surface area contributed by atoms with E-state index in [1.165, 1.54) is 13.2 Å². The molecule has 21 heavy (non-hydrogen) atoms. The third-order valence-corrected chi connectivity index (χ3v) is 3.22. The molecule has 1 unspecified atom stereocenters. The van der Waals surface area contributed by atoms with Crippen molar-refractivity contribution in [2.75, 3.05) is 19.0 Å². The molecule has 0 aliphatic carbocycles. The topological polar surface area (TPSA) is 30.5 Å². The fraction of sp³-hybridized carbons (Fsp3) is 0.294. The molecule has 112 valence electrons. The maximum Gasteiger partial charge on any atom is 0.165 e. The SMILES string of the molecule is CCOc1ccc(NC(C)c2ccc(F)c(OC)c2)cc1. The van der Waals surface area contributed by atoms with Gasteiger partial charge in [0.05, 0.1) is 13.7 Å². The molecule has 3 nitrogen and oxygen atoms in total. The summed E-state index contributed by atoms with van der Waals surface area (Å²) in [5.41, 5.74) is 1.94. The average Bonchev–Trinajstić information content (AvgIpc) is 2.50. The molecule has 0 bridgehead atoms. The van der Waals surface area contributed by atoms with Crippen LogP contribution in [0.25, 0.3) is 0 Å². The van der Waals surface area contributed by atoms with Crippen LogP contribution in [0.4, 0.5) is 10.1 Å². The zero-order chi connectivity index (χ0) is 15.2. The predicted octanol–water partition coefficient (Wildman–Crippen LogP) is 4.41. The monoisotopic (exact) mass is 289 g/mol. The van der Waals surface area contributed by atoms with Crippen molar-refractivity contribution < 1.29 is 13.9 Å². The normalized spacial score (nSPS) is 11.8. The van der Waals surface area contributed by atoms with Crippen LogP contribution in [0.2, 0.25) is 0 Å². The van der Waals surface area contributed by atoms with E-state index in [0.29, 0.717) is 6.61 Å². The van der Waals surface area contributed by atoms with Crippen LogP contribution >= 0.6 is 0 Å². The maximum atomic E-state index is 13.4. The minimum Gasteiger partial charge on any atom is -0.494 e. The lowest BCUT2D eigenvalue weighted by Crippen LogP contribution is -2.07. The number of hydrogen-bond acceptors (Lipinski definition) is 3. The van der Waals surface area contributed by atoms with E-state index in [0.717, 1.165) is 17.0 Å². The number of nitrogens with one attached hydrogen (secondary N) is 1. The minimum absolute atomic E-state index is 0.0393. The molecule has 0 fully saturated rings. The summed E-state index contributed by atoms with van der Waals surface area (Å²) >= 11 is 0. The third kappa shape index (κ3) is 3.88. The molecular formula is C17H20FNO2. The Kier molecular flexibility index (Phi) is 5.04. The molecule has 0 spiro atoms.